The van der Waals surface area contributed by atoms with Crippen LogP contribution in [0.25, 0.3) is 0 Å². The van der Waals surface area contributed by atoms with E-state index in [0.717, 1.165) is 16.8 Å². The van der Waals surface area contributed by atoms with Crippen LogP contribution in [0, 0.1) is 12.8 Å². The minimum absolute atomic E-state index is 0.0443. The highest BCUT2D eigenvalue weighted by molar-refractivity contribution is 6.19. The van der Waals surface area contributed by atoms with E-state index in [4.69, 9.17) is 9.84 Å². The lowest BCUT2D eigenvalue weighted by atomic mass is 9.94. The fourth-order valence-corrected chi connectivity index (χ4v) is 3.16. The van der Waals surface area contributed by atoms with Gasteiger partial charge in [0.2, 0.25) is 11.8 Å². The highest BCUT2D eigenvalue weighted by Gasteiger charge is 2.40. The summed E-state index contributed by atoms with van der Waals surface area (Å²) < 4.78 is 5.74. The molecular weight excluding hydrogens is 402 g/mol. The topological polar surface area (TPSA) is 126 Å². The molecule has 1 aliphatic rings. The second kappa shape index (κ2) is 9.84. The van der Waals surface area contributed by atoms with Gasteiger partial charge in [-0.25, -0.2) is 0 Å². The van der Waals surface area contributed by atoms with Crippen LogP contribution in [0.5, 0.6) is 5.75 Å². The van der Waals surface area contributed by atoms with Gasteiger partial charge in [0.1, 0.15) is 18.9 Å². The van der Waals surface area contributed by atoms with Crippen LogP contribution in [0.1, 0.15) is 23.2 Å². The molecule has 0 saturated carbocycles. The van der Waals surface area contributed by atoms with E-state index in [-0.39, 0.29) is 19.5 Å². The first-order valence-corrected chi connectivity index (χ1v) is 9.78. The maximum atomic E-state index is 12.6. The lowest BCUT2D eigenvalue weighted by molar-refractivity contribution is -0.152. The number of carbonyl (C=O) groups excluding carboxylic acids is 3. The van der Waals surface area contributed by atoms with Crippen molar-refractivity contribution in [1.82, 2.24) is 15.2 Å². The van der Waals surface area contributed by atoms with Gasteiger partial charge in [-0.1, -0.05) is 18.2 Å². The molecule has 162 valence electrons. The number of carboxylic acid groups (broad SMARTS) is 1. The SMILES string of the molecule is Cc1ccc(COc2ccc(CN3CCC(=O)C(C(=O)NCC(=O)O)C3=O)cc2)cn1. The zero-order valence-electron chi connectivity index (χ0n) is 17.0. The summed E-state index contributed by atoms with van der Waals surface area (Å²) in [6.07, 6.45) is 1.80. The van der Waals surface area contributed by atoms with Crippen LogP contribution in [-0.2, 0) is 32.3 Å². The number of aromatic nitrogens is 1. The van der Waals surface area contributed by atoms with E-state index in [9.17, 15) is 19.2 Å². The van der Waals surface area contributed by atoms with Crippen molar-refractivity contribution in [3.63, 3.8) is 0 Å². The highest BCUT2D eigenvalue weighted by Crippen LogP contribution is 2.20. The zero-order valence-corrected chi connectivity index (χ0v) is 17.0. The number of aryl methyl sites for hydroxylation is 1. The molecule has 31 heavy (non-hydrogen) atoms. The van der Waals surface area contributed by atoms with Gasteiger partial charge < -0.3 is 20.1 Å². The summed E-state index contributed by atoms with van der Waals surface area (Å²) in [6.45, 7) is 2.09. The number of hydrogen-bond donors (Lipinski definition) is 2. The third-order valence-electron chi connectivity index (χ3n) is 4.86. The molecular formula is C22H23N3O6. The van der Waals surface area contributed by atoms with E-state index in [1.165, 1.54) is 4.90 Å². The Bertz CT molecular complexity index is 972. The van der Waals surface area contributed by atoms with E-state index in [1.807, 2.05) is 31.2 Å². The third-order valence-corrected chi connectivity index (χ3v) is 4.86. The number of benzene rings is 1. The largest absolute Gasteiger partial charge is 0.489 e. The van der Waals surface area contributed by atoms with E-state index in [2.05, 4.69) is 10.3 Å². The summed E-state index contributed by atoms with van der Waals surface area (Å²) in [4.78, 5) is 53.1. The number of aliphatic carboxylic acids is 1. The van der Waals surface area contributed by atoms with Crippen LogP contribution in [0.3, 0.4) is 0 Å². The van der Waals surface area contributed by atoms with E-state index < -0.39 is 36.0 Å². The molecule has 9 heteroatoms. The molecule has 1 aliphatic heterocycles. The van der Waals surface area contributed by atoms with Crippen LogP contribution in [-0.4, -0.2) is 51.6 Å². The van der Waals surface area contributed by atoms with Gasteiger partial charge in [-0.2, -0.15) is 0 Å². The predicted molar refractivity (Wildman–Crippen MR) is 109 cm³/mol. The van der Waals surface area contributed by atoms with Crippen LogP contribution in [0.2, 0.25) is 0 Å². The van der Waals surface area contributed by atoms with Gasteiger partial charge in [-0.05, 0) is 30.7 Å². The summed E-state index contributed by atoms with van der Waals surface area (Å²) in [6, 6.07) is 11.1. The van der Waals surface area contributed by atoms with Crippen molar-refractivity contribution in [1.29, 1.82) is 0 Å². The first kappa shape index (κ1) is 21.9. The molecule has 0 bridgehead atoms. The first-order valence-electron chi connectivity index (χ1n) is 9.78. The lowest BCUT2D eigenvalue weighted by Crippen LogP contribution is -2.52. The smallest absolute Gasteiger partial charge is 0.322 e. The van der Waals surface area contributed by atoms with Crippen molar-refractivity contribution in [2.75, 3.05) is 13.1 Å². The maximum absolute atomic E-state index is 12.6. The fraction of sp³-hybridized carbons (Fsp3) is 0.318. The second-order valence-electron chi connectivity index (χ2n) is 7.26. The molecule has 1 aromatic heterocycles. The number of nitrogens with zero attached hydrogens (tertiary/aromatic N) is 2. The normalized spacial score (nSPS) is 16.2. The van der Waals surface area contributed by atoms with Crippen LogP contribution < -0.4 is 10.1 Å². The molecule has 2 aromatic rings. The standard InChI is InChI=1S/C22H23N3O6/c1-14-2-3-16(10-23-14)13-31-17-6-4-15(5-7-17)12-25-9-8-18(26)20(22(25)30)21(29)24-11-19(27)28/h2-7,10,20H,8-9,11-13H2,1H3,(H,24,29)(H,27,28). The number of nitrogens with one attached hydrogen (secondary N) is 1. The molecule has 1 saturated heterocycles. The van der Waals surface area contributed by atoms with Crippen molar-refractivity contribution in [2.45, 2.75) is 26.5 Å². The molecule has 2 amide bonds. The van der Waals surface area contributed by atoms with Crippen molar-refractivity contribution in [2.24, 2.45) is 5.92 Å². The number of Topliss-reactive ketones (excluding diaryl/α,β-unsaturated/α-hetero) is 1. The van der Waals surface area contributed by atoms with Crippen LogP contribution in [0.15, 0.2) is 42.6 Å². The van der Waals surface area contributed by atoms with Gasteiger partial charge in [0, 0.05) is 37.0 Å². The Morgan fingerprint density at radius 1 is 1.16 bits per heavy atom. The molecule has 1 atom stereocenters. The Morgan fingerprint density at radius 2 is 1.87 bits per heavy atom. The lowest BCUT2D eigenvalue weighted by Gasteiger charge is -2.30. The third kappa shape index (κ3) is 5.88. The monoisotopic (exact) mass is 425 g/mol. The summed E-state index contributed by atoms with van der Waals surface area (Å²) in [7, 11) is 0. The Hall–Kier alpha value is -3.75. The van der Waals surface area contributed by atoms with Crippen molar-refractivity contribution in [3.8, 4) is 5.75 Å². The minimum atomic E-state index is -1.50. The maximum Gasteiger partial charge on any atom is 0.322 e. The summed E-state index contributed by atoms with van der Waals surface area (Å²) in [5.74, 6) is -4.09. The number of ketones is 1. The molecule has 9 nitrogen and oxygen atoms in total. The first-order chi connectivity index (χ1) is 14.8. The molecule has 0 radical (unpaired) electrons. The Labute approximate surface area is 179 Å². The summed E-state index contributed by atoms with van der Waals surface area (Å²) >= 11 is 0. The Morgan fingerprint density at radius 3 is 2.52 bits per heavy atom. The number of rotatable bonds is 8. The molecule has 1 fully saturated rings. The highest BCUT2D eigenvalue weighted by atomic mass is 16.5. The van der Waals surface area contributed by atoms with Gasteiger partial charge >= 0.3 is 5.97 Å². The quantitative estimate of drug-likeness (QED) is 0.606. The average molecular weight is 425 g/mol. The number of likely N-dealkylation sites (tertiary alicyclic amines) is 1. The van der Waals surface area contributed by atoms with Gasteiger partial charge in [-0.3, -0.25) is 24.2 Å². The minimum Gasteiger partial charge on any atom is -0.489 e. The summed E-state index contributed by atoms with van der Waals surface area (Å²) in [5, 5.41) is 10.8. The number of carboxylic acids is 1. The predicted octanol–water partition coefficient (Wildman–Crippen LogP) is 1.09. The number of amides is 2. The average Bonchev–Trinajstić information content (AvgIpc) is 2.75. The molecule has 0 aliphatic carbocycles. The van der Waals surface area contributed by atoms with E-state index in [0.29, 0.717) is 12.4 Å². The van der Waals surface area contributed by atoms with Gasteiger partial charge in [0.25, 0.3) is 0 Å². The van der Waals surface area contributed by atoms with Crippen molar-refractivity contribution in [3.05, 3.63) is 59.4 Å². The number of piperidine rings is 1. The Kier molecular flexibility index (Phi) is 6.96. The molecule has 1 unspecified atom stereocenters. The van der Waals surface area contributed by atoms with Gasteiger partial charge in [0.15, 0.2) is 11.7 Å². The number of hydrogen-bond acceptors (Lipinski definition) is 6. The Balaban J connectivity index is 1.57. The van der Waals surface area contributed by atoms with Gasteiger partial charge in [0.05, 0.1) is 0 Å². The zero-order chi connectivity index (χ0) is 22.4. The van der Waals surface area contributed by atoms with Gasteiger partial charge in [-0.15, -0.1) is 0 Å². The second-order valence-corrected chi connectivity index (χ2v) is 7.26. The number of ether oxygens (including phenoxy) is 1. The van der Waals surface area contributed by atoms with E-state index in [1.54, 1.807) is 18.3 Å². The number of pyridine rings is 1. The molecule has 0 spiro atoms. The molecule has 3 rings (SSSR count). The summed E-state index contributed by atoms with van der Waals surface area (Å²) in [5.41, 5.74) is 2.70. The molecule has 2 heterocycles. The number of carbonyl (C=O) groups is 4. The van der Waals surface area contributed by atoms with E-state index >= 15 is 0 Å². The molecule has 2 N–H and O–H groups in total. The van der Waals surface area contributed by atoms with Crippen LogP contribution >= 0.6 is 0 Å². The molecule has 1 aromatic carbocycles. The van der Waals surface area contributed by atoms with Crippen molar-refractivity contribution < 1.29 is 29.0 Å². The van der Waals surface area contributed by atoms with Crippen LogP contribution in [0.4, 0.5) is 0 Å². The van der Waals surface area contributed by atoms with Crippen molar-refractivity contribution >= 4 is 23.6 Å². The fourth-order valence-electron chi connectivity index (χ4n) is 3.16.